The molecule has 0 bridgehead atoms. The number of rotatable bonds is 9. The van der Waals surface area contributed by atoms with Crippen LogP contribution in [0.5, 0.6) is 17.2 Å². The molecule has 1 aromatic carbocycles. The van der Waals surface area contributed by atoms with Gasteiger partial charge in [-0.25, -0.2) is 5.43 Å². The predicted octanol–water partition coefficient (Wildman–Crippen LogP) is 2.21. The second kappa shape index (κ2) is 9.12. The third-order valence-corrected chi connectivity index (χ3v) is 4.94. The number of hydrogen-bond donors (Lipinski definition) is 3. The van der Waals surface area contributed by atoms with Crippen molar-refractivity contribution in [3.8, 4) is 17.2 Å². The van der Waals surface area contributed by atoms with Crippen molar-refractivity contribution in [2.75, 3.05) is 41.0 Å². The number of hydrazine groups is 1. The molecule has 2 atom stereocenters. The Hall–Kier alpha value is -2.22. The molecular formula is C20H29N3O4. The molecule has 0 spiro atoms. The lowest BCUT2D eigenvalue weighted by Gasteiger charge is -2.18. The average molecular weight is 375 g/mol. The Labute approximate surface area is 160 Å². The van der Waals surface area contributed by atoms with Crippen LogP contribution in [-0.4, -0.2) is 41.0 Å². The molecule has 2 aromatic rings. The Bertz CT molecular complexity index is 722. The highest BCUT2D eigenvalue weighted by atomic mass is 16.5. The molecule has 3 N–H and O–H groups in total. The Morgan fingerprint density at radius 3 is 2.44 bits per heavy atom. The zero-order chi connectivity index (χ0) is 19.2. The Morgan fingerprint density at radius 1 is 1.11 bits per heavy atom. The Kier molecular flexibility index (Phi) is 6.60. The topological polar surface area (TPSA) is 76.9 Å². The van der Waals surface area contributed by atoms with Crippen LogP contribution < -0.4 is 30.4 Å². The van der Waals surface area contributed by atoms with Crippen molar-refractivity contribution in [3.63, 3.8) is 0 Å². The quantitative estimate of drug-likeness (QED) is 0.580. The van der Waals surface area contributed by atoms with E-state index in [4.69, 9.17) is 18.6 Å². The maximum atomic E-state index is 5.78. The van der Waals surface area contributed by atoms with Crippen molar-refractivity contribution >= 4 is 0 Å². The zero-order valence-corrected chi connectivity index (χ0v) is 16.4. The molecule has 2 unspecified atom stereocenters. The second-order valence-electron chi connectivity index (χ2n) is 6.68. The fourth-order valence-electron chi connectivity index (χ4n) is 3.47. The lowest BCUT2D eigenvalue weighted by molar-refractivity contribution is 0.357. The van der Waals surface area contributed by atoms with Crippen molar-refractivity contribution in [2.45, 2.75) is 19.4 Å². The van der Waals surface area contributed by atoms with E-state index in [0.717, 1.165) is 60.4 Å². The number of hydrogen-bond acceptors (Lipinski definition) is 7. The third-order valence-electron chi connectivity index (χ3n) is 4.94. The molecule has 0 aliphatic carbocycles. The molecule has 148 valence electrons. The summed E-state index contributed by atoms with van der Waals surface area (Å²) in [6, 6.07) is 7.99. The van der Waals surface area contributed by atoms with E-state index in [2.05, 4.69) is 16.2 Å². The number of furan rings is 1. The molecule has 3 rings (SSSR count). The van der Waals surface area contributed by atoms with Gasteiger partial charge in [-0.2, -0.15) is 0 Å². The minimum atomic E-state index is 0.177. The van der Waals surface area contributed by atoms with Crippen molar-refractivity contribution in [2.24, 2.45) is 5.92 Å². The van der Waals surface area contributed by atoms with Gasteiger partial charge in [-0.3, -0.25) is 5.43 Å². The summed E-state index contributed by atoms with van der Waals surface area (Å²) >= 11 is 0. The molecule has 7 nitrogen and oxygen atoms in total. The average Bonchev–Trinajstić information content (AvgIpc) is 3.33. The summed E-state index contributed by atoms with van der Waals surface area (Å²) in [6.07, 6.45) is 0.800. The minimum absolute atomic E-state index is 0.177. The van der Waals surface area contributed by atoms with Gasteiger partial charge in [0.2, 0.25) is 0 Å². The van der Waals surface area contributed by atoms with Gasteiger partial charge in [-0.1, -0.05) is 0 Å². The summed E-state index contributed by atoms with van der Waals surface area (Å²) in [4.78, 5) is 0. The molecular weight excluding hydrogens is 346 g/mol. The number of nitrogens with one attached hydrogen (secondary N) is 3. The van der Waals surface area contributed by atoms with E-state index in [1.165, 1.54) is 0 Å². The van der Waals surface area contributed by atoms with Gasteiger partial charge in [0.15, 0.2) is 0 Å². The van der Waals surface area contributed by atoms with Gasteiger partial charge >= 0.3 is 0 Å². The smallest absolute Gasteiger partial charge is 0.129 e. The number of methoxy groups -OCH3 is 3. The second-order valence-corrected chi connectivity index (χ2v) is 6.68. The molecule has 0 amide bonds. The van der Waals surface area contributed by atoms with Crippen LogP contribution in [0.2, 0.25) is 0 Å². The van der Waals surface area contributed by atoms with Gasteiger partial charge in [-0.15, -0.1) is 0 Å². The van der Waals surface area contributed by atoms with Crippen LogP contribution in [0.3, 0.4) is 0 Å². The van der Waals surface area contributed by atoms with Gasteiger partial charge in [0.05, 0.1) is 27.4 Å². The first-order chi connectivity index (χ1) is 13.2. The summed E-state index contributed by atoms with van der Waals surface area (Å²) < 4.78 is 22.1. The van der Waals surface area contributed by atoms with E-state index >= 15 is 0 Å². The summed E-state index contributed by atoms with van der Waals surface area (Å²) in [5, 5.41) is 3.55. The van der Waals surface area contributed by atoms with E-state index in [9.17, 15) is 0 Å². The molecule has 0 saturated carbocycles. The van der Waals surface area contributed by atoms with Gasteiger partial charge in [0.1, 0.15) is 28.8 Å². The van der Waals surface area contributed by atoms with E-state index in [-0.39, 0.29) is 6.04 Å². The highest BCUT2D eigenvalue weighted by molar-refractivity contribution is 5.50. The Morgan fingerprint density at radius 2 is 1.85 bits per heavy atom. The predicted molar refractivity (Wildman–Crippen MR) is 103 cm³/mol. The molecule has 27 heavy (non-hydrogen) atoms. The molecule has 1 aliphatic rings. The third kappa shape index (κ3) is 4.55. The van der Waals surface area contributed by atoms with Crippen molar-refractivity contribution < 1.29 is 18.6 Å². The van der Waals surface area contributed by atoms with Gasteiger partial charge in [0, 0.05) is 36.7 Å². The van der Waals surface area contributed by atoms with Crippen LogP contribution >= 0.6 is 0 Å². The van der Waals surface area contributed by atoms with Crippen molar-refractivity contribution in [3.05, 3.63) is 41.3 Å². The SMILES string of the molecule is COc1cc(OC)c(CCNCC2CNNC2c2ccc(C)o2)c(OC)c1. The van der Waals surface area contributed by atoms with Gasteiger partial charge in [0.25, 0.3) is 0 Å². The highest BCUT2D eigenvalue weighted by Gasteiger charge is 2.30. The Balaban J connectivity index is 1.57. The molecule has 7 heteroatoms. The number of aryl methyl sites for hydroxylation is 1. The fourth-order valence-corrected chi connectivity index (χ4v) is 3.47. The molecule has 1 aliphatic heterocycles. The van der Waals surface area contributed by atoms with Crippen molar-refractivity contribution in [1.82, 2.24) is 16.2 Å². The zero-order valence-electron chi connectivity index (χ0n) is 16.4. The maximum Gasteiger partial charge on any atom is 0.129 e. The standard InChI is InChI=1S/C20H29N3O4/c1-13-5-6-17(27-13)20-14(12-22-23-20)11-21-8-7-16-18(25-3)9-15(24-2)10-19(16)26-4/h5-6,9-10,14,20-23H,7-8,11-12H2,1-4H3. The first kappa shape index (κ1) is 19.5. The number of benzene rings is 1. The van der Waals surface area contributed by atoms with E-state index in [1.807, 2.05) is 31.2 Å². The summed E-state index contributed by atoms with van der Waals surface area (Å²) in [6.45, 7) is 4.56. The van der Waals surface area contributed by atoms with Crippen LogP contribution in [0.25, 0.3) is 0 Å². The first-order valence-electron chi connectivity index (χ1n) is 9.20. The van der Waals surface area contributed by atoms with Crippen LogP contribution in [0.15, 0.2) is 28.7 Å². The lowest BCUT2D eigenvalue weighted by Crippen LogP contribution is -2.29. The maximum absolute atomic E-state index is 5.78. The summed E-state index contributed by atoms with van der Waals surface area (Å²) in [5.41, 5.74) is 7.58. The summed E-state index contributed by atoms with van der Waals surface area (Å²) in [7, 11) is 4.96. The van der Waals surface area contributed by atoms with E-state index < -0.39 is 0 Å². The normalized spacial score (nSPS) is 19.3. The van der Waals surface area contributed by atoms with E-state index in [1.54, 1.807) is 21.3 Å². The number of ether oxygens (including phenoxy) is 3. The van der Waals surface area contributed by atoms with Crippen LogP contribution in [0.4, 0.5) is 0 Å². The first-order valence-corrected chi connectivity index (χ1v) is 9.20. The molecule has 1 fully saturated rings. The minimum Gasteiger partial charge on any atom is -0.496 e. The van der Waals surface area contributed by atoms with Crippen LogP contribution in [-0.2, 0) is 6.42 Å². The van der Waals surface area contributed by atoms with Gasteiger partial charge in [-0.05, 0) is 32.0 Å². The monoisotopic (exact) mass is 375 g/mol. The van der Waals surface area contributed by atoms with Crippen LogP contribution in [0, 0.1) is 12.8 Å². The molecule has 1 saturated heterocycles. The summed E-state index contributed by atoms with van der Waals surface area (Å²) in [5.74, 6) is 4.60. The fraction of sp³-hybridized carbons (Fsp3) is 0.500. The van der Waals surface area contributed by atoms with Gasteiger partial charge < -0.3 is 23.9 Å². The van der Waals surface area contributed by atoms with Crippen molar-refractivity contribution in [1.29, 1.82) is 0 Å². The molecule has 1 aromatic heterocycles. The van der Waals surface area contributed by atoms with E-state index in [0.29, 0.717) is 5.92 Å². The van der Waals surface area contributed by atoms with Crippen LogP contribution in [0.1, 0.15) is 23.1 Å². The molecule has 2 heterocycles. The largest absolute Gasteiger partial charge is 0.496 e. The molecule has 0 radical (unpaired) electrons. The highest BCUT2D eigenvalue weighted by Crippen LogP contribution is 2.34. The lowest BCUT2D eigenvalue weighted by atomic mass is 10.00.